The van der Waals surface area contributed by atoms with E-state index in [0.29, 0.717) is 16.9 Å². The van der Waals surface area contributed by atoms with Gasteiger partial charge in [0.2, 0.25) is 0 Å². The average Bonchev–Trinajstić information content (AvgIpc) is 3.01. The molecule has 0 radical (unpaired) electrons. The van der Waals surface area contributed by atoms with Gasteiger partial charge < -0.3 is 0 Å². The second-order valence-corrected chi connectivity index (χ2v) is 6.20. The third-order valence-electron chi connectivity index (χ3n) is 3.62. The lowest BCUT2D eigenvalue weighted by Crippen LogP contribution is -2.03. The van der Waals surface area contributed by atoms with Crippen LogP contribution in [0, 0.1) is 11.6 Å². The van der Waals surface area contributed by atoms with Crippen molar-refractivity contribution in [2.75, 3.05) is 0 Å². The number of aromatic nitrogens is 2. The molecule has 25 heavy (non-hydrogen) atoms. The molecular weight excluding hydrogens is 369 g/mol. The van der Waals surface area contributed by atoms with Gasteiger partial charge in [0.05, 0.1) is 16.4 Å². The van der Waals surface area contributed by atoms with Gasteiger partial charge in [-0.25, -0.2) is 13.5 Å². The van der Waals surface area contributed by atoms with Gasteiger partial charge in [-0.05, 0) is 42.5 Å². The van der Waals surface area contributed by atoms with Crippen LogP contribution in [0.1, 0.15) is 23.8 Å². The molecule has 3 rings (SSSR count). The molecule has 0 N–H and O–H groups in total. The number of halogens is 4. The predicted octanol–water partition coefficient (Wildman–Crippen LogP) is 5.72. The first-order chi connectivity index (χ1) is 11.9. The highest BCUT2D eigenvalue weighted by molar-refractivity contribution is 6.31. The summed E-state index contributed by atoms with van der Waals surface area (Å²) < 4.78 is 28.6. The second-order valence-electron chi connectivity index (χ2n) is 5.36. The summed E-state index contributed by atoms with van der Waals surface area (Å²) in [6.45, 7) is 1.72. The zero-order valence-corrected chi connectivity index (χ0v) is 14.6. The van der Waals surface area contributed by atoms with Crippen molar-refractivity contribution in [2.45, 2.75) is 13.3 Å². The van der Waals surface area contributed by atoms with E-state index >= 15 is 0 Å². The maximum absolute atomic E-state index is 13.7. The largest absolute Gasteiger partial charge is 0.292 e. The van der Waals surface area contributed by atoms with E-state index in [1.807, 2.05) is 0 Å². The Kier molecular flexibility index (Phi) is 4.88. The SMILES string of the molecule is CCC(=O)c1cc(-c2cc(F)cc(Cl)c2)n(-c2ccc(F)c(Cl)c2)n1. The van der Waals surface area contributed by atoms with Crippen LogP contribution < -0.4 is 0 Å². The Balaban J connectivity index is 2.23. The number of nitrogens with zero attached hydrogens (tertiary/aromatic N) is 2. The van der Waals surface area contributed by atoms with Crippen molar-refractivity contribution in [1.82, 2.24) is 9.78 Å². The molecule has 1 heterocycles. The molecule has 0 saturated carbocycles. The summed E-state index contributed by atoms with van der Waals surface area (Å²) >= 11 is 11.8. The van der Waals surface area contributed by atoms with Gasteiger partial charge in [-0.2, -0.15) is 5.10 Å². The fraction of sp³-hybridized carbons (Fsp3) is 0.111. The highest BCUT2D eigenvalue weighted by Crippen LogP contribution is 2.29. The topological polar surface area (TPSA) is 34.9 Å². The van der Waals surface area contributed by atoms with Gasteiger partial charge in [-0.3, -0.25) is 4.79 Å². The number of rotatable bonds is 4. The van der Waals surface area contributed by atoms with Crippen LogP contribution in [-0.2, 0) is 0 Å². The molecule has 0 aliphatic heterocycles. The molecule has 0 unspecified atom stereocenters. The molecule has 0 fully saturated rings. The van der Waals surface area contributed by atoms with Gasteiger partial charge in [0, 0.05) is 17.0 Å². The van der Waals surface area contributed by atoms with Gasteiger partial charge >= 0.3 is 0 Å². The number of hydrogen-bond donors (Lipinski definition) is 0. The molecule has 0 spiro atoms. The van der Waals surface area contributed by atoms with Gasteiger partial charge in [0.25, 0.3) is 0 Å². The van der Waals surface area contributed by atoms with Crippen LogP contribution in [0.3, 0.4) is 0 Å². The maximum Gasteiger partial charge on any atom is 0.182 e. The van der Waals surface area contributed by atoms with Crippen molar-refractivity contribution in [3.63, 3.8) is 0 Å². The average molecular weight is 381 g/mol. The molecule has 128 valence electrons. The lowest BCUT2D eigenvalue weighted by atomic mass is 10.1. The van der Waals surface area contributed by atoms with Gasteiger partial charge in [0.1, 0.15) is 17.3 Å². The maximum atomic E-state index is 13.7. The summed E-state index contributed by atoms with van der Waals surface area (Å²) in [5.74, 6) is -1.26. The van der Waals surface area contributed by atoms with E-state index in [9.17, 15) is 13.6 Å². The smallest absolute Gasteiger partial charge is 0.182 e. The van der Waals surface area contributed by atoms with Crippen molar-refractivity contribution in [1.29, 1.82) is 0 Å². The number of carbonyl (C=O) groups excluding carboxylic acids is 1. The molecule has 3 nitrogen and oxygen atoms in total. The number of benzene rings is 2. The summed E-state index contributed by atoms with van der Waals surface area (Å²) in [7, 11) is 0. The third kappa shape index (κ3) is 3.57. The molecule has 0 bridgehead atoms. The van der Waals surface area contributed by atoms with Crippen molar-refractivity contribution in [2.24, 2.45) is 0 Å². The normalized spacial score (nSPS) is 10.9. The Morgan fingerprint density at radius 1 is 1.12 bits per heavy atom. The van der Waals surface area contributed by atoms with E-state index in [4.69, 9.17) is 23.2 Å². The number of ketones is 1. The quantitative estimate of drug-likeness (QED) is 0.542. The third-order valence-corrected chi connectivity index (χ3v) is 4.13. The van der Waals surface area contributed by atoms with Crippen LogP contribution in [0.4, 0.5) is 8.78 Å². The second kappa shape index (κ2) is 6.94. The molecule has 0 atom stereocenters. The predicted molar refractivity (Wildman–Crippen MR) is 93.6 cm³/mol. The van der Waals surface area contributed by atoms with Crippen molar-refractivity contribution >= 4 is 29.0 Å². The van der Waals surface area contributed by atoms with E-state index in [2.05, 4.69) is 5.10 Å². The van der Waals surface area contributed by atoms with Crippen molar-refractivity contribution < 1.29 is 13.6 Å². The molecule has 2 aromatic carbocycles. The fourth-order valence-corrected chi connectivity index (χ4v) is 2.82. The van der Waals surface area contributed by atoms with Crippen LogP contribution in [0.15, 0.2) is 42.5 Å². The Bertz CT molecular complexity index is 949. The molecular formula is C18H12Cl2F2N2O. The summed E-state index contributed by atoms with van der Waals surface area (Å²) in [6, 6.07) is 9.62. The number of carbonyl (C=O) groups is 1. The molecule has 0 aliphatic rings. The Morgan fingerprint density at radius 2 is 1.88 bits per heavy atom. The standard InChI is InChI=1S/C18H12Cl2F2N2O/c1-2-18(25)16-9-17(10-5-11(19)7-12(21)6-10)24(23-16)13-3-4-15(22)14(20)8-13/h3-9H,2H2,1H3. The van der Waals surface area contributed by atoms with Crippen LogP contribution in [-0.4, -0.2) is 15.6 Å². The van der Waals surface area contributed by atoms with Crippen LogP contribution in [0.5, 0.6) is 0 Å². The van der Waals surface area contributed by atoms with Crippen molar-refractivity contribution in [3.05, 3.63) is 69.8 Å². The summed E-state index contributed by atoms with van der Waals surface area (Å²) in [6.07, 6.45) is 0.268. The number of hydrogen-bond acceptors (Lipinski definition) is 2. The first-order valence-corrected chi connectivity index (χ1v) is 8.19. The summed E-state index contributed by atoms with van der Waals surface area (Å²) in [4.78, 5) is 12.0. The summed E-state index contributed by atoms with van der Waals surface area (Å²) in [5.41, 5.74) is 1.55. The van der Waals surface area contributed by atoms with E-state index in [1.54, 1.807) is 19.1 Å². The van der Waals surface area contributed by atoms with E-state index in [1.165, 1.54) is 35.0 Å². The van der Waals surface area contributed by atoms with Gasteiger partial charge in [-0.1, -0.05) is 30.1 Å². The van der Waals surface area contributed by atoms with E-state index in [0.717, 1.165) is 0 Å². The minimum absolute atomic E-state index is 0.0837. The molecule has 0 saturated heterocycles. The highest BCUT2D eigenvalue weighted by atomic mass is 35.5. The Hall–Kier alpha value is -2.24. The van der Waals surface area contributed by atoms with Gasteiger partial charge in [0.15, 0.2) is 5.78 Å². The minimum Gasteiger partial charge on any atom is -0.292 e. The molecule has 0 amide bonds. The lowest BCUT2D eigenvalue weighted by Gasteiger charge is -2.09. The van der Waals surface area contributed by atoms with Crippen molar-refractivity contribution in [3.8, 4) is 16.9 Å². The first kappa shape index (κ1) is 17.6. The van der Waals surface area contributed by atoms with Crippen LogP contribution >= 0.6 is 23.2 Å². The monoisotopic (exact) mass is 380 g/mol. The highest BCUT2D eigenvalue weighted by Gasteiger charge is 2.17. The molecule has 7 heteroatoms. The fourth-order valence-electron chi connectivity index (χ4n) is 2.42. The van der Waals surface area contributed by atoms with Crippen LogP contribution in [0.25, 0.3) is 16.9 Å². The number of Topliss-reactive ketones (excluding diaryl/α,β-unsaturated/α-hetero) is 1. The minimum atomic E-state index is -0.571. The van der Waals surface area contributed by atoms with Crippen LogP contribution in [0.2, 0.25) is 10.0 Å². The molecule has 1 aromatic heterocycles. The first-order valence-electron chi connectivity index (χ1n) is 7.44. The van der Waals surface area contributed by atoms with Gasteiger partial charge in [-0.15, -0.1) is 0 Å². The Labute approximate surface area is 152 Å². The molecule has 0 aliphatic carbocycles. The molecule has 3 aromatic rings. The lowest BCUT2D eigenvalue weighted by molar-refractivity contribution is 0.0983. The van der Waals surface area contributed by atoms with E-state index < -0.39 is 11.6 Å². The zero-order valence-electron chi connectivity index (χ0n) is 13.1. The zero-order chi connectivity index (χ0) is 18.1. The summed E-state index contributed by atoms with van der Waals surface area (Å²) in [5, 5.41) is 4.41. The Morgan fingerprint density at radius 3 is 2.52 bits per heavy atom. The van der Waals surface area contributed by atoms with E-state index in [-0.39, 0.29) is 27.9 Å².